The number of rotatable bonds is 10. The van der Waals surface area contributed by atoms with E-state index in [1.807, 2.05) is 17.0 Å². The lowest BCUT2D eigenvalue weighted by Gasteiger charge is -2.33. The molecule has 3 aromatic rings. The number of hydrogen-bond acceptors (Lipinski definition) is 11. The van der Waals surface area contributed by atoms with Gasteiger partial charge in [0, 0.05) is 22.5 Å². The molecule has 1 fully saturated rings. The van der Waals surface area contributed by atoms with Crippen LogP contribution in [0.4, 0.5) is 5.82 Å². The number of aldehydes is 1. The number of fused-ring (bicyclic) bond motifs is 2. The third-order valence-electron chi connectivity index (χ3n) is 6.48. The maximum absolute atomic E-state index is 11.2. The largest absolute Gasteiger partial charge is 0.470 e. The Kier molecular flexibility index (Phi) is 8.24. The molecule has 0 spiro atoms. The summed E-state index contributed by atoms with van der Waals surface area (Å²) in [6.07, 6.45) is 3.33. The molecule has 4 heterocycles. The molecule has 0 radical (unpaired) electrons. The van der Waals surface area contributed by atoms with Gasteiger partial charge in [-0.05, 0) is 66.3 Å². The molecule has 38 heavy (non-hydrogen) atoms. The van der Waals surface area contributed by atoms with Gasteiger partial charge in [-0.25, -0.2) is 19.5 Å². The minimum absolute atomic E-state index is 0.148. The number of benzene rings is 1. The second-order valence-electron chi connectivity index (χ2n) is 9.02. The number of nitrogens with two attached hydrogens (primary N) is 1. The van der Waals surface area contributed by atoms with E-state index in [4.69, 9.17) is 30.0 Å². The Morgan fingerprint density at radius 1 is 1.26 bits per heavy atom. The van der Waals surface area contributed by atoms with Crippen LogP contribution in [-0.2, 0) is 20.4 Å². The highest BCUT2D eigenvalue weighted by Crippen LogP contribution is 2.43. The first-order valence-electron chi connectivity index (χ1n) is 11.9. The Hall–Kier alpha value is -2.26. The van der Waals surface area contributed by atoms with Crippen molar-refractivity contribution in [3.8, 4) is 11.5 Å². The average Bonchev–Trinajstić information content (AvgIpc) is 3.47. The van der Waals surface area contributed by atoms with Crippen LogP contribution in [0.15, 0.2) is 33.0 Å². The first-order chi connectivity index (χ1) is 18.2. The van der Waals surface area contributed by atoms with Crippen LogP contribution in [0.5, 0.6) is 11.5 Å². The van der Waals surface area contributed by atoms with Crippen LogP contribution in [0.2, 0.25) is 0 Å². The van der Waals surface area contributed by atoms with Crippen molar-refractivity contribution in [1.82, 2.24) is 24.4 Å². The fourth-order valence-corrected chi connectivity index (χ4v) is 6.57. The molecule has 16 heteroatoms. The van der Waals surface area contributed by atoms with E-state index in [9.17, 15) is 9.36 Å². The van der Waals surface area contributed by atoms with Crippen LogP contribution >= 0.6 is 35.5 Å². The SMILES string of the molecule is Nc1ncnc2c1nc(Sc1cc3c(cc1Br)OCO3)n2CCC1CCN(C[C@@H](C=O)OP(=O)(O)O)CC1. The van der Waals surface area contributed by atoms with Crippen LogP contribution in [-0.4, -0.2) is 73.0 Å². The maximum atomic E-state index is 11.2. The van der Waals surface area contributed by atoms with Gasteiger partial charge in [0.05, 0.1) is 0 Å². The van der Waals surface area contributed by atoms with Crippen LogP contribution in [0.25, 0.3) is 11.2 Å². The lowest BCUT2D eigenvalue weighted by molar-refractivity contribution is -0.115. The normalized spacial score (nSPS) is 17.2. The van der Waals surface area contributed by atoms with Crippen molar-refractivity contribution in [2.24, 2.45) is 5.92 Å². The number of aromatic nitrogens is 4. The summed E-state index contributed by atoms with van der Waals surface area (Å²) in [5, 5.41) is 0.729. The number of anilines is 1. The van der Waals surface area contributed by atoms with Gasteiger partial charge in [0.25, 0.3) is 0 Å². The number of ether oxygens (including phenoxy) is 2. The molecule has 0 unspecified atom stereocenters. The third kappa shape index (κ3) is 6.30. The van der Waals surface area contributed by atoms with Crippen LogP contribution in [0.1, 0.15) is 19.3 Å². The third-order valence-corrected chi connectivity index (χ3v) is 9.00. The lowest BCUT2D eigenvalue weighted by atomic mass is 9.93. The number of phosphoric acid groups is 1. The van der Waals surface area contributed by atoms with Crippen LogP contribution in [0.3, 0.4) is 0 Å². The number of phosphoric ester groups is 1. The first-order valence-corrected chi connectivity index (χ1v) is 15.0. The fourth-order valence-electron chi connectivity index (χ4n) is 4.59. The minimum atomic E-state index is -4.72. The topological polar surface area (TPSA) is 175 Å². The summed E-state index contributed by atoms with van der Waals surface area (Å²) < 4.78 is 29.5. The Morgan fingerprint density at radius 2 is 2.00 bits per heavy atom. The minimum Gasteiger partial charge on any atom is -0.454 e. The molecule has 1 aromatic carbocycles. The van der Waals surface area contributed by atoms with Gasteiger partial charge >= 0.3 is 7.82 Å². The van der Waals surface area contributed by atoms with E-state index in [-0.39, 0.29) is 13.3 Å². The highest BCUT2D eigenvalue weighted by molar-refractivity contribution is 9.10. The summed E-state index contributed by atoms with van der Waals surface area (Å²) in [5.74, 6) is 2.09. The van der Waals surface area contributed by atoms with E-state index < -0.39 is 13.9 Å². The molecule has 1 saturated heterocycles. The van der Waals surface area contributed by atoms with Crippen molar-refractivity contribution in [1.29, 1.82) is 0 Å². The molecular formula is C22H26BrN6O7PS. The van der Waals surface area contributed by atoms with Crippen molar-refractivity contribution >= 4 is 58.8 Å². The second kappa shape index (κ2) is 11.5. The van der Waals surface area contributed by atoms with Crippen LogP contribution in [0, 0.1) is 5.92 Å². The molecule has 13 nitrogen and oxygen atoms in total. The number of likely N-dealkylation sites (tertiary alicyclic amines) is 1. The number of imidazole rings is 1. The number of aryl methyl sites for hydroxylation is 1. The molecule has 0 saturated carbocycles. The van der Waals surface area contributed by atoms with E-state index in [1.165, 1.54) is 18.1 Å². The average molecular weight is 629 g/mol. The van der Waals surface area contributed by atoms with Gasteiger partial charge in [0.2, 0.25) is 6.79 Å². The summed E-state index contributed by atoms with van der Waals surface area (Å²) in [6, 6.07) is 3.79. The molecule has 5 rings (SSSR count). The highest BCUT2D eigenvalue weighted by atomic mass is 79.9. The molecule has 2 aliphatic heterocycles. The van der Waals surface area contributed by atoms with Crippen LogP contribution < -0.4 is 15.2 Å². The predicted octanol–water partition coefficient (Wildman–Crippen LogP) is 2.83. The van der Waals surface area contributed by atoms with Crippen molar-refractivity contribution in [2.45, 2.75) is 42.0 Å². The fraction of sp³-hybridized carbons (Fsp3) is 0.455. The van der Waals surface area contributed by atoms with Gasteiger partial charge in [0.15, 0.2) is 39.9 Å². The molecule has 4 N–H and O–H groups in total. The quantitative estimate of drug-likeness (QED) is 0.221. The summed E-state index contributed by atoms with van der Waals surface area (Å²) in [4.78, 5) is 45.4. The number of carbonyl (C=O) groups is 1. The highest BCUT2D eigenvalue weighted by Gasteiger charge is 2.27. The number of nitrogens with zero attached hydrogens (tertiary/aromatic N) is 5. The van der Waals surface area contributed by atoms with E-state index in [1.54, 1.807) is 0 Å². The summed E-state index contributed by atoms with van der Waals surface area (Å²) in [6.45, 7) is 2.40. The number of piperidine rings is 1. The van der Waals surface area contributed by atoms with Crippen molar-refractivity contribution < 1.29 is 33.1 Å². The molecule has 204 valence electrons. The first kappa shape index (κ1) is 27.3. The Labute approximate surface area is 230 Å². The molecule has 0 amide bonds. The zero-order valence-electron chi connectivity index (χ0n) is 20.1. The predicted molar refractivity (Wildman–Crippen MR) is 141 cm³/mol. The van der Waals surface area contributed by atoms with Gasteiger partial charge in [-0.15, -0.1) is 0 Å². The lowest BCUT2D eigenvalue weighted by Crippen LogP contribution is -2.40. The van der Waals surface area contributed by atoms with E-state index in [2.05, 4.69) is 35.0 Å². The number of carbonyl (C=O) groups excluding carboxylic acids is 1. The smallest absolute Gasteiger partial charge is 0.454 e. The standard InChI is InChI=1S/C22H26BrN6O7PS/c23-15-7-16-17(35-12-34-16)8-18(15)38-22-27-19-20(24)25-11-26-21(19)29(22)6-3-13-1-4-28(5-2-13)9-14(10-30)36-37(31,32)33/h7-8,10-11,13-14H,1-6,9,12H2,(H2,24,25,26)(H2,31,32,33)/t14-/m0/s1. The zero-order valence-corrected chi connectivity index (χ0v) is 23.4. The van der Waals surface area contributed by atoms with Gasteiger partial charge in [-0.3, -0.25) is 4.52 Å². The zero-order chi connectivity index (χ0) is 26.9. The molecule has 1 atom stereocenters. The van der Waals surface area contributed by atoms with Gasteiger partial charge in [-0.1, -0.05) is 11.8 Å². The van der Waals surface area contributed by atoms with E-state index >= 15 is 0 Å². The van der Waals surface area contributed by atoms with Gasteiger partial charge < -0.3 is 39.3 Å². The number of nitrogen functional groups attached to an aromatic ring is 1. The van der Waals surface area contributed by atoms with E-state index in [0.717, 1.165) is 33.8 Å². The van der Waals surface area contributed by atoms with Crippen molar-refractivity contribution in [3.05, 3.63) is 22.9 Å². The molecular weight excluding hydrogens is 603 g/mol. The Balaban J connectivity index is 1.27. The molecule has 2 aliphatic rings. The number of halogens is 1. The van der Waals surface area contributed by atoms with Gasteiger partial charge in [-0.2, -0.15) is 0 Å². The summed E-state index contributed by atoms with van der Waals surface area (Å²) in [7, 11) is -4.72. The Morgan fingerprint density at radius 3 is 2.71 bits per heavy atom. The molecule has 2 aromatic heterocycles. The van der Waals surface area contributed by atoms with E-state index in [0.29, 0.717) is 60.3 Å². The van der Waals surface area contributed by atoms with Crippen molar-refractivity contribution in [3.63, 3.8) is 0 Å². The molecule has 0 aliphatic carbocycles. The summed E-state index contributed by atoms with van der Waals surface area (Å²) >= 11 is 5.08. The van der Waals surface area contributed by atoms with Gasteiger partial charge in [0.1, 0.15) is 12.4 Å². The molecule has 0 bridgehead atoms. The van der Waals surface area contributed by atoms with Crippen molar-refractivity contribution in [2.75, 3.05) is 32.2 Å². The maximum Gasteiger partial charge on any atom is 0.470 e. The summed E-state index contributed by atoms with van der Waals surface area (Å²) in [5.41, 5.74) is 7.32. The Bertz CT molecular complexity index is 1380. The monoisotopic (exact) mass is 628 g/mol. The number of hydrogen-bond donors (Lipinski definition) is 3. The second-order valence-corrected chi connectivity index (χ2v) is 12.1.